The van der Waals surface area contributed by atoms with Gasteiger partial charge in [0.2, 0.25) is 5.43 Å². The van der Waals surface area contributed by atoms with Gasteiger partial charge in [0.1, 0.15) is 0 Å². The number of nitrogens with one attached hydrogen (secondary N) is 1. The molecule has 0 radical (unpaired) electrons. The largest absolute Gasteiger partial charge is 0.502 e. The molecule has 0 amide bonds. The maximum absolute atomic E-state index is 12.2. The van der Waals surface area contributed by atoms with E-state index in [-0.39, 0.29) is 6.61 Å². The second-order valence-electron chi connectivity index (χ2n) is 2.82. The van der Waals surface area contributed by atoms with Crippen LogP contribution in [0.4, 0.5) is 8.78 Å². The minimum atomic E-state index is -3.02. The summed E-state index contributed by atoms with van der Waals surface area (Å²) in [4.78, 5) is 24.4. The van der Waals surface area contributed by atoms with Crippen molar-refractivity contribution < 1.29 is 23.4 Å². The van der Waals surface area contributed by atoms with Gasteiger partial charge in [-0.05, 0) is 6.92 Å². The van der Waals surface area contributed by atoms with Crippen molar-refractivity contribution in [1.29, 1.82) is 0 Å². The molecule has 88 valence electrons. The molecule has 0 aliphatic rings. The number of esters is 1. The van der Waals surface area contributed by atoms with E-state index in [1.807, 2.05) is 0 Å². The summed E-state index contributed by atoms with van der Waals surface area (Å²) in [7, 11) is 0. The molecule has 1 rings (SSSR count). The van der Waals surface area contributed by atoms with Crippen molar-refractivity contribution in [2.24, 2.45) is 0 Å². The fourth-order valence-electron chi connectivity index (χ4n) is 1.06. The highest BCUT2D eigenvalue weighted by Gasteiger charge is 2.21. The Balaban J connectivity index is 3.22. The Morgan fingerprint density at radius 2 is 2.25 bits per heavy atom. The average molecular weight is 233 g/mol. The molecule has 1 heterocycles. The van der Waals surface area contributed by atoms with Gasteiger partial charge in [0.05, 0.1) is 12.2 Å². The van der Waals surface area contributed by atoms with E-state index in [4.69, 9.17) is 0 Å². The Morgan fingerprint density at radius 1 is 1.62 bits per heavy atom. The molecule has 0 aromatic carbocycles. The third-order valence-corrected chi connectivity index (χ3v) is 1.80. The monoisotopic (exact) mass is 233 g/mol. The number of rotatable bonds is 3. The maximum Gasteiger partial charge on any atom is 0.358 e. The highest BCUT2D eigenvalue weighted by Crippen LogP contribution is 2.18. The highest BCUT2D eigenvalue weighted by atomic mass is 19.3. The van der Waals surface area contributed by atoms with E-state index in [1.54, 1.807) is 0 Å². The number of ether oxygens (including phenoxy) is 1. The number of hydrogen-bond acceptors (Lipinski definition) is 4. The van der Waals surface area contributed by atoms with Crippen molar-refractivity contribution in [2.45, 2.75) is 13.3 Å². The Bertz CT molecular complexity index is 455. The summed E-state index contributed by atoms with van der Waals surface area (Å²) < 4.78 is 29.0. The first-order valence-corrected chi connectivity index (χ1v) is 4.38. The molecule has 0 aliphatic heterocycles. The summed E-state index contributed by atoms with van der Waals surface area (Å²) in [6.45, 7) is 1.57. The molecule has 16 heavy (non-hydrogen) atoms. The van der Waals surface area contributed by atoms with E-state index in [0.29, 0.717) is 6.20 Å². The fourth-order valence-corrected chi connectivity index (χ4v) is 1.06. The van der Waals surface area contributed by atoms with Crippen molar-refractivity contribution in [3.05, 3.63) is 27.7 Å². The first-order chi connectivity index (χ1) is 7.49. The van der Waals surface area contributed by atoms with E-state index in [9.17, 15) is 23.5 Å². The summed E-state index contributed by atoms with van der Waals surface area (Å²) in [6.07, 6.45) is -2.34. The first-order valence-electron chi connectivity index (χ1n) is 4.38. The molecule has 0 bridgehead atoms. The van der Waals surface area contributed by atoms with E-state index in [1.165, 1.54) is 6.92 Å². The van der Waals surface area contributed by atoms with Crippen LogP contribution in [0.1, 0.15) is 29.4 Å². The zero-order valence-corrected chi connectivity index (χ0v) is 8.29. The summed E-state index contributed by atoms with van der Waals surface area (Å²) in [5.74, 6) is -2.03. The van der Waals surface area contributed by atoms with Crippen molar-refractivity contribution in [1.82, 2.24) is 4.98 Å². The average Bonchev–Trinajstić information content (AvgIpc) is 2.21. The van der Waals surface area contributed by atoms with Gasteiger partial charge < -0.3 is 14.8 Å². The lowest BCUT2D eigenvalue weighted by Gasteiger charge is -2.05. The molecule has 7 heteroatoms. The van der Waals surface area contributed by atoms with Crippen LogP contribution in [0.3, 0.4) is 0 Å². The van der Waals surface area contributed by atoms with Gasteiger partial charge in [-0.2, -0.15) is 0 Å². The molecule has 0 fully saturated rings. The zero-order chi connectivity index (χ0) is 12.3. The highest BCUT2D eigenvalue weighted by molar-refractivity contribution is 5.90. The molecule has 2 N–H and O–H groups in total. The number of carbonyl (C=O) groups excluding carboxylic acids is 1. The lowest BCUT2D eigenvalue weighted by Crippen LogP contribution is -2.16. The molecule has 1 aromatic rings. The van der Waals surface area contributed by atoms with Crippen LogP contribution >= 0.6 is 0 Å². The molecule has 0 saturated heterocycles. The van der Waals surface area contributed by atoms with Gasteiger partial charge in [-0.3, -0.25) is 4.79 Å². The Labute approximate surface area is 88.7 Å². The van der Waals surface area contributed by atoms with Crippen LogP contribution < -0.4 is 5.43 Å². The topological polar surface area (TPSA) is 79.4 Å². The van der Waals surface area contributed by atoms with Gasteiger partial charge in [0.25, 0.3) is 6.43 Å². The molecule has 1 aromatic heterocycles. The number of aromatic nitrogens is 1. The van der Waals surface area contributed by atoms with Crippen LogP contribution in [0.15, 0.2) is 11.0 Å². The van der Waals surface area contributed by atoms with Gasteiger partial charge in [-0.25, -0.2) is 13.6 Å². The fraction of sp³-hybridized carbons (Fsp3) is 0.333. The summed E-state index contributed by atoms with van der Waals surface area (Å²) in [5.41, 5.74) is -2.71. The predicted molar refractivity (Wildman–Crippen MR) is 49.6 cm³/mol. The molecule has 0 saturated carbocycles. The van der Waals surface area contributed by atoms with Crippen LogP contribution in [0, 0.1) is 0 Å². The summed E-state index contributed by atoms with van der Waals surface area (Å²) in [5, 5.41) is 9.25. The Morgan fingerprint density at radius 3 is 2.75 bits per heavy atom. The van der Waals surface area contributed by atoms with E-state index < -0.39 is 34.8 Å². The summed E-state index contributed by atoms with van der Waals surface area (Å²) in [6, 6.07) is 0. The van der Waals surface area contributed by atoms with Gasteiger partial charge in [0.15, 0.2) is 11.4 Å². The number of halogens is 2. The predicted octanol–water partition coefficient (Wildman–Crippen LogP) is 1.19. The smallest absolute Gasteiger partial charge is 0.358 e. The molecule has 0 aliphatic carbocycles. The molecular formula is C9H9F2NO4. The van der Waals surface area contributed by atoms with Crippen LogP contribution in [-0.2, 0) is 4.74 Å². The van der Waals surface area contributed by atoms with Crippen molar-refractivity contribution in [3.63, 3.8) is 0 Å². The van der Waals surface area contributed by atoms with Crippen molar-refractivity contribution >= 4 is 5.97 Å². The number of alkyl halides is 2. The van der Waals surface area contributed by atoms with Gasteiger partial charge in [-0.1, -0.05) is 0 Å². The quantitative estimate of drug-likeness (QED) is 0.768. The molecular weight excluding hydrogens is 224 g/mol. The van der Waals surface area contributed by atoms with Gasteiger partial charge in [0, 0.05) is 6.20 Å². The number of hydrogen-bond donors (Lipinski definition) is 2. The molecule has 5 nitrogen and oxygen atoms in total. The summed E-state index contributed by atoms with van der Waals surface area (Å²) >= 11 is 0. The number of carbonyl (C=O) groups is 1. The second kappa shape index (κ2) is 4.73. The van der Waals surface area contributed by atoms with E-state index >= 15 is 0 Å². The maximum atomic E-state index is 12.2. The minimum absolute atomic E-state index is 0.0386. The van der Waals surface area contributed by atoms with Crippen LogP contribution in [0.5, 0.6) is 5.75 Å². The van der Waals surface area contributed by atoms with Crippen LogP contribution in [0.2, 0.25) is 0 Å². The molecule has 0 unspecified atom stereocenters. The van der Waals surface area contributed by atoms with Gasteiger partial charge in [-0.15, -0.1) is 0 Å². The van der Waals surface area contributed by atoms with Crippen LogP contribution in [-0.4, -0.2) is 22.7 Å². The third kappa shape index (κ3) is 2.18. The minimum Gasteiger partial charge on any atom is -0.502 e. The number of H-pyrrole nitrogens is 1. The first kappa shape index (κ1) is 12.2. The number of aromatic hydroxyl groups is 1. The number of aromatic amines is 1. The second-order valence-corrected chi connectivity index (χ2v) is 2.82. The number of pyridine rings is 1. The van der Waals surface area contributed by atoms with E-state index in [2.05, 4.69) is 9.72 Å². The van der Waals surface area contributed by atoms with E-state index in [0.717, 1.165) is 0 Å². The van der Waals surface area contributed by atoms with Crippen molar-refractivity contribution in [2.75, 3.05) is 6.61 Å². The van der Waals surface area contributed by atoms with Crippen LogP contribution in [0.25, 0.3) is 0 Å². The lowest BCUT2D eigenvalue weighted by atomic mass is 10.2. The lowest BCUT2D eigenvalue weighted by molar-refractivity contribution is 0.0514. The third-order valence-electron chi connectivity index (χ3n) is 1.80. The Kier molecular flexibility index (Phi) is 3.60. The van der Waals surface area contributed by atoms with Gasteiger partial charge >= 0.3 is 5.97 Å². The molecule has 0 atom stereocenters. The molecule has 0 spiro atoms. The Hall–Kier alpha value is -1.92. The van der Waals surface area contributed by atoms with Crippen molar-refractivity contribution in [3.8, 4) is 5.75 Å². The SMILES string of the molecule is CCOC(=O)c1[nH]cc(C(F)F)c(=O)c1O. The standard InChI is InChI=1S/C9H9F2NO4/c1-2-16-9(15)5-7(14)6(13)4(3-12-5)8(10)11/h3,8,14H,2H2,1H3,(H,12,13). The zero-order valence-electron chi connectivity index (χ0n) is 8.29. The normalized spacial score (nSPS) is 10.5.